The zero-order valence-corrected chi connectivity index (χ0v) is 7.30. The molecule has 0 aromatic carbocycles. The maximum absolute atomic E-state index is 8.97. The molecule has 1 atom stereocenters. The third kappa shape index (κ3) is 3.97. The Balaban J connectivity index is 2.02. The third-order valence-corrected chi connectivity index (χ3v) is 1.58. The normalized spacial score (nSPS) is 13.1. The maximum Gasteiger partial charge on any atom is 0.0894 e. The first-order valence-electron chi connectivity index (χ1n) is 4.16. The van der Waals surface area contributed by atoms with Gasteiger partial charge in [0.25, 0.3) is 0 Å². The number of hydrogen-bond donors (Lipinski definition) is 3. The number of rotatable bonds is 6. The van der Waals surface area contributed by atoms with Gasteiger partial charge in [0.15, 0.2) is 0 Å². The van der Waals surface area contributed by atoms with Crippen LogP contribution in [0.3, 0.4) is 0 Å². The minimum absolute atomic E-state index is 0.212. The second kappa shape index (κ2) is 5.63. The van der Waals surface area contributed by atoms with E-state index in [-0.39, 0.29) is 6.61 Å². The maximum atomic E-state index is 8.97. The summed E-state index contributed by atoms with van der Waals surface area (Å²) in [4.78, 5) is 0. The van der Waals surface area contributed by atoms with Crippen molar-refractivity contribution in [2.75, 3.05) is 19.7 Å². The smallest absolute Gasteiger partial charge is 0.0894 e. The molecule has 0 fully saturated rings. The van der Waals surface area contributed by atoms with E-state index in [9.17, 15) is 0 Å². The number of aromatic nitrogens is 3. The molecule has 1 aromatic heterocycles. The highest BCUT2D eigenvalue weighted by atomic mass is 16.3. The fourth-order valence-electron chi connectivity index (χ4n) is 0.879. The van der Waals surface area contributed by atoms with Crippen molar-refractivity contribution < 1.29 is 10.2 Å². The quantitative estimate of drug-likeness (QED) is 0.457. The minimum Gasteiger partial charge on any atom is -0.394 e. The topological polar surface area (TPSA) is 83.2 Å². The Morgan fingerprint density at radius 3 is 3.00 bits per heavy atom. The van der Waals surface area contributed by atoms with Gasteiger partial charge in [-0.2, -0.15) is 0 Å². The monoisotopic (exact) mass is 186 g/mol. The molecule has 0 amide bonds. The van der Waals surface area contributed by atoms with Crippen molar-refractivity contribution in [1.82, 2.24) is 20.3 Å². The van der Waals surface area contributed by atoms with Gasteiger partial charge in [0.1, 0.15) is 0 Å². The van der Waals surface area contributed by atoms with Gasteiger partial charge in [-0.25, -0.2) is 0 Å². The Morgan fingerprint density at radius 1 is 1.54 bits per heavy atom. The summed E-state index contributed by atoms with van der Waals surface area (Å²) in [5.41, 5.74) is 0. The minimum atomic E-state index is -0.684. The van der Waals surface area contributed by atoms with E-state index in [2.05, 4.69) is 15.6 Å². The molecule has 74 valence electrons. The van der Waals surface area contributed by atoms with Gasteiger partial charge < -0.3 is 15.5 Å². The van der Waals surface area contributed by atoms with Gasteiger partial charge in [-0.15, -0.1) is 5.10 Å². The molecule has 6 nitrogen and oxygen atoms in total. The van der Waals surface area contributed by atoms with Crippen LogP contribution < -0.4 is 5.32 Å². The molecule has 0 spiro atoms. The highest BCUT2D eigenvalue weighted by Gasteiger charge is 1.99. The first-order valence-corrected chi connectivity index (χ1v) is 4.16. The molecular formula is C7H14N4O2. The highest BCUT2D eigenvalue weighted by Crippen LogP contribution is 1.80. The first kappa shape index (κ1) is 10.1. The summed E-state index contributed by atoms with van der Waals surface area (Å²) in [6.07, 6.45) is 2.70. The summed E-state index contributed by atoms with van der Waals surface area (Å²) >= 11 is 0. The number of aliphatic hydroxyl groups excluding tert-OH is 2. The molecule has 0 saturated carbocycles. The average Bonchev–Trinajstić information content (AvgIpc) is 2.64. The lowest BCUT2D eigenvalue weighted by atomic mass is 10.4. The van der Waals surface area contributed by atoms with E-state index >= 15 is 0 Å². The fourth-order valence-corrected chi connectivity index (χ4v) is 0.879. The molecule has 1 aromatic rings. The first-order chi connectivity index (χ1) is 6.33. The van der Waals surface area contributed by atoms with Gasteiger partial charge >= 0.3 is 0 Å². The van der Waals surface area contributed by atoms with E-state index in [1.807, 2.05) is 0 Å². The fraction of sp³-hybridized carbons (Fsp3) is 0.714. The molecule has 0 aliphatic carbocycles. The van der Waals surface area contributed by atoms with Crippen LogP contribution in [-0.4, -0.2) is 51.0 Å². The van der Waals surface area contributed by atoms with Gasteiger partial charge in [-0.3, -0.25) is 4.68 Å². The molecule has 3 N–H and O–H groups in total. The molecule has 1 rings (SSSR count). The SMILES string of the molecule is OCC(O)CNCCn1ccnn1. The standard InChI is InChI=1S/C7H14N4O2/c12-6-7(13)5-8-1-3-11-4-2-9-10-11/h2,4,7-8,12-13H,1,3,5-6H2. The third-order valence-electron chi connectivity index (χ3n) is 1.58. The van der Waals surface area contributed by atoms with Crippen LogP contribution in [0.5, 0.6) is 0 Å². The van der Waals surface area contributed by atoms with E-state index in [0.717, 1.165) is 0 Å². The highest BCUT2D eigenvalue weighted by molar-refractivity contribution is 4.65. The molecule has 6 heteroatoms. The Morgan fingerprint density at radius 2 is 2.38 bits per heavy atom. The van der Waals surface area contributed by atoms with Gasteiger partial charge in [0.2, 0.25) is 0 Å². The summed E-state index contributed by atoms with van der Waals surface area (Å²) in [7, 11) is 0. The molecule has 0 radical (unpaired) electrons. The van der Waals surface area contributed by atoms with Crippen molar-refractivity contribution in [3.63, 3.8) is 0 Å². The molecular weight excluding hydrogens is 172 g/mol. The van der Waals surface area contributed by atoms with E-state index in [0.29, 0.717) is 19.6 Å². The summed E-state index contributed by atoms with van der Waals surface area (Å²) in [5, 5.41) is 27.9. The van der Waals surface area contributed by atoms with Crippen LogP contribution in [0.25, 0.3) is 0 Å². The van der Waals surface area contributed by atoms with E-state index < -0.39 is 6.10 Å². The lowest BCUT2D eigenvalue weighted by molar-refractivity contribution is 0.0943. The predicted octanol–water partition coefficient (Wildman–Crippen LogP) is -1.78. The zero-order valence-electron chi connectivity index (χ0n) is 7.30. The Labute approximate surface area is 76.2 Å². The Hall–Kier alpha value is -0.980. The lowest BCUT2D eigenvalue weighted by Gasteiger charge is -2.08. The molecule has 13 heavy (non-hydrogen) atoms. The van der Waals surface area contributed by atoms with Crippen molar-refractivity contribution in [1.29, 1.82) is 0 Å². The number of nitrogens with one attached hydrogen (secondary N) is 1. The summed E-state index contributed by atoms with van der Waals surface area (Å²) in [6, 6.07) is 0. The Kier molecular flexibility index (Phi) is 4.37. The zero-order chi connectivity index (χ0) is 9.52. The summed E-state index contributed by atoms with van der Waals surface area (Å²) in [6.45, 7) is 1.58. The van der Waals surface area contributed by atoms with Crippen LogP contribution in [0.15, 0.2) is 12.4 Å². The summed E-state index contributed by atoms with van der Waals surface area (Å²) < 4.78 is 1.69. The number of nitrogens with zero attached hydrogens (tertiary/aromatic N) is 3. The summed E-state index contributed by atoms with van der Waals surface area (Å²) in [5.74, 6) is 0. The predicted molar refractivity (Wildman–Crippen MR) is 46.0 cm³/mol. The van der Waals surface area contributed by atoms with Crippen LogP contribution in [0.4, 0.5) is 0 Å². The van der Waals surface area contributed by atoms with Crippen LogP contribution in [0.2, 0.25) is 0 Å². The number of hydrogen-bond acceptors (Lipinski definition) is 5. The molecule has 1 heterocycles. The van der Waals surface area contributed by atoms with Gasteiger partial charge in [-0.05, 0) is 0 Å². The van der Waals surface area contributed by atoms with E-state index in [1.54, 1.807) is 17.1 Å². The van der Waals surface area contributed by atoms with Crippen LogP contribution in [0.1, 0.15) is 0 Å². The van der Waals surface area contributed by atoms with Crippen molar-refractivity contribution in [2.45, 2.75) is 12.6 Å². The van der Waals surface area contributed by atoms with Crippen LogP contribution in [-0.2, 0) is 6.54 Å². The second-order valence-corrected chi connectivity index (χ2v) is 2.71. The molecule has 0 aliphatic heterocycles. The average molecular weight is 186 g/mol. The van der Waals surface area contributed by atoms with E-state index in [4.69, 9.17) is 10.2 Å². The van der Waals surface area contributed by atoms with Gasteiger partial charge in [0, 0.05) is 19.3 Å². The van der Waals surface area contributed by atoms with Gasteiger partial charge in [-0.1, -0.05) is 5.21 Å². The largest absolute Gasteiger partial charge is 0.394 e. The van der Waals surface area contributed by atoms with Crippen LogP contribution >= 0.6 is 0 Å². The van der Waals surface area contributed by atoms with E-state index in [1.165, 1.54) is 0 Å². The van der Waals surface area contributed by atoms with Crippen molar-refractivity contribution in [2.24, 2.45) is 0 Å². The lowest BCUT2D eigenvalue weighted by Crippen LogP contribution is -2.31. The van der Waals surface area contributed by atoms with Gasteiger partial charge in [0.05, 0.1) is 25.5 Å². The number of aliphatic hydroxyl groups is 2. The van der Waals surface area contributed by atoms with Crippen molar-refractivity contribution >= 4 is 0 Å². The van der Waals surface area contributed by atoms with Crippen molar-refractivity contribution in [3.05, 3.63) is 12.4 Å². The molecule has 0 aliphatic rings. The molecule has 0 bridgehead atoms. The van der Waals surface area contributed by atoms with Crippen LogP contribution in [0, 0.1) is 0 Å². The van der Waals surface area contributed by atoms with Crippen molar-refractivity contribution in [3.8, 4) is 0 Å². The Bertz CT molecular complexity index is 214. The molecule has 1 unspecified atom stereocenters. The second-order valence-electron chi connectivity index (χ2n) is 2.71. The molecule has 0 saturated heterocycles.